The Kier molecular flexibility index (Phi) is 5.98. The number of hydrogen-bond donors (Lipinski definition) is 0. The van der Waals surface area contributed by atoms with Gasteiger partial charge in [-0.1, -0.05) is 35.6 Å². The molecule has 0 unspecified atom stereocenters. The molecule has 7 heteroatoms. The van der Waals surface area contributed by atoms with E-state index in [0.29, 0.717) is 23.0 Å². The van der Waals surface area contributed by atoms with Gasteiger partial charge in [0.05, 0.1) is 17.3 Å². The van der Waals surface area contributed by atoms with Crippen molar-refractivity contribution < 1.29 is 13.9 Å². The monoisotopic (exact) mass is 437 g/mol. The smallest absolute Gasteiger partial charge is 0.295 e. The lowest BCUT2D eigenvalue weighted by Gasteiger charge is -2.19. The Bertz CT molecular complexity index is 1200. The first kappa shape index (κ1) is 21.3. The molecule has 0 bridgehead atoms. The maximum absolute atomic E-state index is 13.6. The maximum Gasteiger partial charge on any atom is 0.295 e. The molecular weight excluding hydrogens is 410 g/mol. The van der Waals surface area contributed by atoms with Crippen molar-refractivity contribution in [2.45, 2.75) is 20.3 Å². The summed E-state index contributed by atoms with van der Waals surface area (Å²) in [6.45, 7) is 5.56. The van der Waals surface area contributed by atoms with E-state index in [2.05, 4.69) is 30.9 Å². The molecule has 0 N–H and O–H groups in total. The zero-order valence-electron chi connectivity index (χ0n) is 18.6. The van der Waals surface area contributed by atoms with Crippen LogP contribution >= 0.6 is 11.3 Å². The van der Waals surface area contributed by atoms with E-state index in [0.717, 1.165) is 34.1 Å². The van der Waals surface area contributed by atoms with Gasteiger partial charge in [0.25, 0.3) is 5.91 Å². The van der Waals surface area contributed by atoms with Crippen molar-refractivity contribution in [2.24, 2.45) is 0 Å². The Labute approximate surface area is 186 Å². The average molecular weight is 438 g/mol. The van der Waals surface area contributed by atoms with Crippen LogP contribution in [0, 0.1) is 13.8 Å². The molecule has 1 amide bonds. The fourth-order valence-corrected chi connectivity index (χ4v) is 4.76. The highest BCUT2D eigenvalue weighted by atomic mass is 32.1. The molecule has 0 aliphatic carbocycles. The Hall–Kier alpha value is -2.90. The molecule has 162 valence electrons. The number of aromatic nitrogens is 1. The molecule has 4 rings (SSSR count). The predicted molar refractivity (Wildman–Crippen MR) is 127 cm³/mol. The van der Waals surface area contributed by atoms with Crippen LogP contribution in [0.4, 0.5) is 5.13 Å². The van der Waals surface area contributed by atoms with E-state index >= 15 is 0 Å². The lowest BCUT2D eigenvalue weighted by atomic mass is 10.1. The van der Waals surface area contributed by atoms with Crippen LogP contribution in [0.5, 0.6) is 5.75 Å². The molecule has 2 aromatic carbocycles. The number of rotatable bonds is 7. The first-order valence-electron chi connectivity index (χ1n) is 10.3. The number of para-hydroxylation sites is 1. The third-order valence-corrected chi connectivity index (χ3v) is 6.55. The van der Waals surface area contributed by atoms with Crippen LogP contribution < -0.4 is 9.64 Å². The summed E-state index contributed by atoms with van der Waals surface area (Å²) in [6, 6.07) is 11.6. The van der Waals surface area contributed by atoms with Crippen molar-refractivity contribution in [1.82, 2.24) is 9.88 Å². The number of thiazole rings is 1. The standard InChI is InChI=1S/C24H27N3O3S/c1-15-10-11-16(2)22-20(15)25-24(31-22)27(13-7-12-26(3)4)23(28)19-14-17-8-6-9-18(29-5)21(17)30-19/h6,8-11,14H,7,12-13H2,1-5H3. The Balaban J connectivity index is 1.75. The highest BCUT2D eigenvalue weighted by Crippen LogP contribution is 2.35. The highest BCUT2D eigenvalue weighted by molar-refractivity contribution is 7.22. The molecule has 0 saturated heterocycles. The summed E-state index contributed by atoms with van der Waals surface area (Å²) in [5.41, 5.74) is 3.81. The number of aryl methyl sites for hydroxylation is 2. The Morgan fingerprint density at radius 3 is 2.61 bits per heavy atom. The van der Waals surface area contributed by atoms with Gasteiger partial charge in [-0.05, 0) is 64.2 Å². The first-order valence-corrected chi connectivity index (χ1v) is 11.1. The molecule has 6 nitrogen and oxygen atoms in total. The van der Waals surface area contributed by atoms with Gasteiger partial charge in [-0.15, -0.1) is 0 Å². The van der Waals surface area contributed by atoms with Gasteiger partial charge in [-0.25, -0.2) is 4.98 Å². The lowest BCUT2D eigenvalue weighted by Crippen LogP contribution is -2.33. The van der Waals surface area contributed by atoms with Crippen molar-refractivity contribution in [2.75, 3.05) is 39.2 Å². The minimum atomic E-state index is -0.189. The highest BCUT2D eigenvalue weighted by Gasteiger charge is 2.25. The van der Waals surface area contributed by atoms with Crippen LogP contribution in [-0.2, 0) is 0 Å². The second kappa shape index (κ2) is 8.69. The van der Waals surface area contributed by atoms with Crippen LogP contribution in [-0.4, -0.2) is 50.1 Å². The molecule has 0 spiro atoms. The first-order chi connectivity index (χ1) is 14.9. The zero-order chi connectivity index (χ0) is 22.1. The number of anilines is 1. The second-order valence-corrected chi connectivity index (χ2v) is 8.95. The van der Waals surface area contributed by atoms with E-state index < -0.39 is 0 Å². The van der Waals surface area contributed by atoms with Gasteiger partial charge < -0.3 is 14.1 Å². The largest absolute Gasteiger partial charge is 0.493 e. The predicted octanol–water partition coefficient (Wildman–Crippen LogP) is 5.27. The van der Waals surface area contributed by atoms with E-state index in [4.69, 9.17) is 14.1 Å². The maximum atomic E-state index is 13.6. The molecule has 0 fully saturated rings. The molecule has 0 aliphatic heterocycles. The normalized spacial score (nSPS) is 11.5. The van der Waals surface area contributed by atoms with Crippen LogP contribution in [0.2, 0.25) is 0 Å². The Morgan fingerprint density at radius 2 is 1.90 bits per heavy atom. The molecular formula is C24H27N3O3S. The molecule has 2 aromatic heterocycles. The number of carbonyl (C=O) groups excluding carboxylic acids is 1. The number of methoxy groups -OCH3 is 1. The number of furan rings is 1. The molecule has 0 saturated carbocycles. The second-order valence-electron chi connectivity index (χ2n) is 7.98. The van der Waals surface area contributed by atoms with Gasteiger partial charge >= 0.3 is 0 Å². The summed E-state index contributed by atoms with van der Waals surface area (Å²) >= 11 is 1.56. The molecule has 2 heterocycles. The van der Waals surface area contributed by atoms with Crippen LogP contribution in [0.15, 0.2) is 40.8 Å². The van der Waals surface area contributed by atoms with Gasteiger partial charge in [0, 0.05) is 11.9 Å². The van der Waals surface area contributed by atoms with E-state index in [-0.39, 0.29) is 11.7 Å². The van der Waals surface area contributed by atoms with Crippen molar-refractivity contribution in [1.29, 1.82) is 0 Å². The lowest BCUT2D eigenvalue weighted by molar-refractivity contribution is 0.0961. The number of carbonyl (C=O) groups is 1. The van der Waals surface area contributed by atoms with Crippen molar-refractivity contribution in [3.8, 4) is 5.75 Å². The molecule has 31 heavy (non-hydrogen) atoms. The average Bonchev–Trinajstić information content (AvgIpc) is 3.38. The third-order valence-electron chi connectivity index (χ3n) is 5.33. The minimum Gasteiger partial charge on any atom is -0.493 e. The number of ether oxygens (including phenoxy) is 1. The van der Waals surface area contributed by atoms with E-state index in [9.17, 15) is 4.79 Å². The van der Waals surface area contributed by atoms with Gasteiger partial charge in [0.1, 0.15) is 0 Å². The topological polar surface area (TPSA) is 58.8 Å². The fraction of sp³-hybridized carbons (Fsp3) is 0.333. The Morgan fingerprint density at radius 1 is 1.13 bits per heavy atom. The quantitative estimate of drug-likeness (QED) is 0.394. The zero-order valence-corrected chi connectivity index (χ0v) is 19.4. The SMILES string of the molecule is COc1cccc2cc(C(=O)N(CCCN(C)C)c3nc4c(C)ccc(C)c4s3)oc12. The third kappa shape index (κ3) is 4.16. The summed E-state index contributed by atoms with van der Waals surface area (Å²) in [6.07, 6.45) is 0.830. The fourth-order valence-electron chi connectivity index (χ4n) is 3.63. The van der Waals surface area contributed by atoms with Gasteiger partial charge in [-0.3, -0.25) is 9.69 Å². The van der Waals surface area contributed by atoms with E-state index in [1.54, 1.807) is 29.4 Å². The number of amides is 1. The van der Waals surface area contributed by atoms with Crippen molar-refractivity contribution >= 4 is 43.6 Å². The van der Waals surface area contributed by atoms with Crippen molar-refractivity contribution in [3.05, 3.63) is 53.3 Å². The summed E-state index contributed by atoms with van der Waals surface area (Å²) in [5.74, 6) is 0.713. The summed E-state index contributed by atoms with van der Waals surface area (Å²) in [7, 11) is 5.66. The van der Waals surface area contributed by atoms with Gasteiger partial charge in [0.15, 0.2) is 22.2 Å². The van der Waals surface area contributed by atoms with Crippen LogP contribution in [0.3, 0.4) is 0 Å². The number of fused-ring (bicyclic) bond motifs is 2. The van der Waals surface area contributed by atoms with E-state index in [1.165, 1.54) is 5.56 Å². The molecule has 0 aliphatic rings. The molecule has 0 atom stereocenters. The molecule has 4 aromatic rings. The number of benzene rings is 2. The van der Waals surface area contributed by atoms with Crippen LogP contribution in [0.25, 0.3) is 21.2 Å². The summed E-state index contributed by atoms with van der Waals surface area (Å²) in [4.78, 5) is 22.3. The number of hydrogen-bond acceptors (Lipinski definition) is 6. The van der Waals surface area contributed by atoms with Crippen LogP contribution in [0.1, 0.15) is 28.1 Å². The van der Waals surface area contributed by atoms with E-state index in [1.807, 2.05) is 32.3 Å². The van der Waals surface area contributed by atoms with Gasteiger partial charge in [0.2, 0.25) is 0 Å². The van der Waals surface area contributed by atoms with Gasteiger partial charge in [-0.2, -0.15) is 0 Å². The number of nitrogens with zero attached hydrogens (tertiary/aromatic N) is 3. The molecule has 0 radical (unpaired) electrons. The summed E-state index contributed by atoms with van der Waals surface area (Å²) in [5, 5.41) is 1.54. The minimum absolute atomic E-state index is 0.189. The summed E-state index contributed by atoms with van der Waals surface area (Å²) < 4.78 is 12.5. The van der Waals surface area contributed by atoms with Crippen molar-refractivity contribution in [3.63, 3.8) is 0 Å².